The lowest BCUT2D eigenvalue weighted by Crippen LogP contribution is -2.05. The molecular formula is C21H20N2S. The van der Waals surface area contributed by atoms with E-state index in [1.807, 2.05) is 0 Å². The van der Waals surface area contributed by atoms with Gasteiger partial charge in [0.05, 0.1) is 22.5 Å². The lowest BCUT2D eigenvalue weighted by Gasteiger charge is -2.14. The fourth-order valence-electron chi connectivity index (χ4n) is 3.45. The second kappa shape index (κ2) is 5.91. The minimum absolute atomic E-state index is 0.853. The van der Waals surface area contributed by atoms with E-state index >= 15 is 0 Å². The number of aromatic nitrogens is 2. The van der Waals surface area contributed by atoms with Crippen LogP contribution in [0.25, 0.3) is 21.7 Å². The number of hydrogen-bond donors (Lipinski definition) is 0. The molecule has 24 heavy (non-hydrogen) atoms. The van der Waals surface area contributed by atoms with E-state index in [2.05, 4.69) is 79.2 Å². The summed E-state index contributed by atoms with van der Waals surface area (Å²) >= 11 is 1.74. The molecule has 0 fully saturated rings. The van der Waals surface area contributed by atoms with E-state index in [1.165, 1.54) is 32.6 Å². The number of benzene rings is 2. The molecule has 4 aromatic rings. The third kappa shape index (κ3) is 2.55. The van der Waals surface area contributed by atoms with Gasteiger partial charge in [0.25, 0.3) is 0 Å². The van der Waals surface area contributed by atoms with Crippen LogP contribution in [-0.2, 0) is 6.54 Å². The van der Waals surface area contributed by atoms with Crippen molar-refractivity contribution in [3.63, 3.8) is 0 Å². The predicted octanol–water partition coefficient (Wildman–Crippen LogP) is 5.74. The van der Waals surface area contributed by atoms with Gasteiger partial charge in [0.2, 0.25) is 0 Å². The molecule has 0 bridgehead atoms. The van der Waals surface area contributed by atoms with Gasteiger partial charge in [-0.3, -0.25) is 0 Å². The van der Waals surface area contributed by atoms with Crippen molar-refractivity contribution in [1.29, 1.82) is 0 Å². The van der Waals surface area contributed by atoms with Gasteiger partial charge >= 0.3 is 0 Å². The maximum atomic E-state index is 4.90. The van der Waals surface area contributed by atoms with E-state index in [-0.39, 0.29) is 0 Å². The molecule has 0 amide bonds. The molecule has 2 aromatic heterocycles. The van der Waals surface area contributed by atoms with Gasteiger partial charge in [-0.05, 0) is 61.0 Å². The number of aryl methyl sites for hydroxylation is 3. The summed E-state index contributed by atoms with van der Waals surface area (Å²) < 4.78 is 2.35. The minimum Gasteiger partial charge on any atom is -0.319 e. The van der Waals surface area contributed by atoms with Gasteiger partial charge in [-0.1, -0.05) is 35.9 Å². The van der Waals surface area contributed by atoms with Gasteiger partial charge in [-0.25, -0.2) is 4.98 Å². The maximum absolute atomic E-state index is 4.90. The first-order valence-corrected chi connectivity index (χ1v) is 9.07. The first-order valence-electron chi connectivity index (χ1n) is 8.19. The van der Waals surface area contributed by atoms with Crippen molar-refractivity contribution in [2.24, 2.45) is 0 Å². The number of para-hydroxylation sites is 2. The molecule has 0 radical (unpaired) electrons. The van der Waals surface area contributed by atoms with Gasteiger partial charge in [0.15, 0.2) is 5.82 Å². The zero-order valence-electron chi connectivity index (χ0n) is 14.2. The lowest BCUT2D eigenvalue weighted by atomic mass is 9.99. The molecule has 2 nitrogen and oxygen atoms in total. The Morgan fingerprint density at radius 2 is 1.71 bits per heavy atom. The fraction of sp³-hybridized carbons (Fsp3) is 0.190. The van der Waals surface area contributed by atoms with Crippen molar-refractivity contribution in [3.05, 3.63) is 76.2 Å². The number of nitrogens with zero attached hydrogens (tertiary/aromatic N) is 2. The first kappa shape index (κ1) is 15.2. The molecule has 0 spiro atoms. The lowest BCUT2D eigenvalue weighted by molar-refractivity contribution is 0.822. The van der Waals surface area contributed by atoms with Crippen LogP contribution in [0.15, 0.2) is 53.9 Å². The maximum Gasteiger partial charge on any atom is 0.151 e. The number of thiophene rings is 1. The van der Waals surface area contributed by atoms with E-state index in [9.17, 15) is 0 Å². The van der Waals surface area contributed by atoms with Crippen LogP contribution >= 0.6 is 11.3 Å². The minimum atomic E-state index is 0.853. The first-order chi connectivity index (χ1) is 11.6. The van der Waals surface area contributed by atoms with Crippen LogP contribution in [0.3, 0.4) is 0 Å². The van der Waals surface area contributed by atoms with E-state index in [0.29, 0.717) is 0 Å². The van der Waals surface area contributed by atoms with E-state index in [4.69, 9.17) is 4.98 Å². The third-order valence-electron chi connectivity index (χ3n) is 4.55. The Morgan fingerprint density at radius 3 is 2.42 bits per heavy atom. The van der Waals surface area contributed by atoms with Crippen LogP contribution in [0.1, 0.15) is 22.3 Å². The second-order valence-corrected chi connectivity index (χ2v) is 7.31. The highest BCUT2D eigenvalue weighted by Crippen LogP contribution is 2.30. The summed E-state index contributed by atoms with van der Waals surface area (Å²) in [5, 5.41) is 2.11. The Labute approximate surface area is 146 Å². The summed E-state index contributed by atoms with van der Waals surface area (Å²) in [6.45, 7) is 7.43. The monoisotopic (exact) mass is 332 g/mol. The van der Waals surface area contributed by atoms with Crippen LogP contribution in [-0.4, -0.2) is 9.55 Å². The number of rotatable bonds is 3. The van der Waals surface area contributed by atoms with E-state index in [0.717, 1.165) is 17.9 Å². The largest absolute Gasteiger partial charge is 0.319 e. The van der Waals surface area contributed by atoms with Crippen LogP contribution in [0, 0.1) is 20.8 Å². The van der Waals surface area contributed by atoms with Gasteiger partial charge in [0, 0.05) is 0 Å². The Morgan fingerprint density at radius 1 is 0.958 bits per heavy atom. The summed E-state index contributed by atoms with van der Waals surface area (Å²) in [7, 11) is 0. The Hall–Kier alpha value is -2.39. The molecule has 0 saturated heterocycles. The highest BCUT2D eigenvalue weighted by Gasteiger charge is 2.15. The number of hydrogen-bond acceptors (Lipinski definition) is 2. The van der Waals surface area contributed by atoms with Crippen molar-refractivity contribution in [2.75, 3.05) is 0 Å². The van der Waals surface area contributed by atoms with E-state index in [1.54, 1.807) is 11.3 Å². The molecule has 2 aromatic carbocycles. The van der Waals surface area contributed by atoms with Gasteiger partial charge in [-0.2, -0.15) is 0 Å². The Balaban J connectivity index is 1.92. The molecule has 0 aliphatic rings. The Bertz CT molecular complexity index is 987. The molecule has 0 saturated carbocycles. The van der Waals surface area contributed by atoms with Crippen molar-refractivity contribution < 1.29 is 0 Å². The number of fused-ring (bicyclic) bond motifs is 1. The molecule has 2 heterocycles. The van der Waals surface area contributed by atoms with Gasteiger partial charge < -0.3 is 4.57 Å². The smallest absolute Gasteiger partial charge is 0.151 e. The van der Waals surface area contributed by atoms with E-state index < -0.39 is 0 Å². The summed E-state index contributed by atoms with van der Waals surface area (Å²) in [6.07, 6.45) is 0. The van der Waals surface area contributed by atoms with Crippen LogP contribution < -0.4 is 0 Å². The van der Waals surface area contributed by atoms with Crippen molar-refractivity contribution in [1.82, 2.24) is 9.55 Å². The topological polar surface area (TPSA) is 17.8 Å². The van der Waals surface area contributed by atoms with Crippen LogP contribution in [0.2, 0.25) is 0 Å². The molecule has 120 valence electrons. The summed E-state index contributed by atoms with van der Waals surface area (Å²) in [6, 6.07) is 17.2. The molecule has 0 atom stereocenters. The Kier molecular flexibility index (Phi) is 3.73. The predicted molar refractivity (Wildman–Crippen MR) is 103 cm³/mol. The van der Waals surface area contributed by atoms with Crippen LogP contribution in [0.5, 0.6) is 0 Å². The molecule has 0 aliphatic carbocycles. The average molecular weight is 332 g/mol. The van der Waals surface area contributed by atoms with Crippen molar-refractivity contribution in [3.8, 4) is 10.7 Å². The van der Waals surface area contributed by atoms with Crippen molar-refractivity contribution in [2.45, 2.75) is 27.3 Å². The molecule has 0 aliphatic heterocycles. The fourth-order valence-corrected chi connectivity index (χ4v) is 4.17. The molecular weight excluding hydrogens is 312 g/mol. The highest BCUT2D eigenvalue weighted by atomic mass is 32.1. The van der Waals surface area contributed by atoms with Gasteiger partial charge in [-0.15, -0.1) is 11.3 Å². The normalized spacial score (nSPS) is 11.3. The zero-order valence-corrected chi connectivity index (χ0v) is 15.0. The summed E-state index contributed by atoms with van der Waals surface area (Å²) in [4.78, 5) is 6.12. The van der Waals surface area contributed by atoms with Crippen LogP contribution in [0.4, 0.5) is 0 Å². The van der Waals surface area contributed by atoms with Gasteiger partial charge in [0.1, 0.15) is 0 Å². The van der Waals surface area contributed by atoms with Crippen molar-refractivity contribution >= 4 is 22.4 Å². The summed E-state index contributed by atoms with van der Waals surface area (Å²) in [5.41, 5.74) is 7.66. The standard InChI is InChI=1S/C21H20N2S/c1-14-11-15(2)17(16(3)12-14)13-23-19-8-5-4-7-18(19)22-21(23)20-9-6-10-24-20/h4-12H,13H2,1-3H3. The SMILES string of the molecule is Cc1cc(C)c(Cn2c(-c3cccs3)nc3ccccc32)c(C)c1. The second-order valence-electron chi connectivity index (χ2n) is 6.36. The molecule has 3 heteroatoms. The highest BCUT2D eigenvalue weighted by molar-refractivity contribution is 7.13. The summed E-state index contributed by atoms with van der Waals surface area (Å²) in [5.74, 6) is 1.06. The quantitative estimate of drug-likeness (QED) is 0.468. The molecule has 4 rings (SSSR count). The average Bonchev–Trinajstić information content (AvgIpc) is 3.18. The molecule has 0 N–H and O–H groups in total. The number of imidazole rings is 1. The molecule has 0 unspecified atom stereocenters. The third-order valence-corrected chi connectivity index (χ3v) is 5.42. The zero-order chi connectivity index (χ0) is 16.7.